The highest BCUT2D eigenvalue weighted by atomic mass is 35.5. The number of hydrogen-bond acceptors (Lipinski definition) is 3. The van der Waals surface area contributed by atoms with Gasteiger partial charge in [0.1, 0.15) is 11.4 Å². The molecule has 1 aromatic rings. The molecule has 0 saturated heterocycles. The first-order chi connectivity index (χ1) is 6.93. The summed E-state index contributed by atoms with van der Waals surface area (Å²) >= 11 is 5.46. The van der Waals surface area contributed by atoms with Crippen LogP contribution in [0, 0.1) is 0 Å². The molecule has 1 aliphatic rings. The second-order valence-electron chi connectivity index (χ2n) is 3.42. The maximum absolute atomic E-state index is 12.5. The van der Waals surface area contributed by atoms with Crippen molar-refractivity contribution in [1.82, 2.24) is 9.97 Å². The Labute approximate surface area is 88.7 Å². The van der Waals surface area contributed by atoms with E-state index in [4.69, 9.17) is 11.6 Å². The standard InChI is InChI=1S/C8H7ClF3N3/c9-6-13-4-1-5(14-6)15-7(2-3-7)8(10,11)12/h1,4H,2-3H2,(H,13,14,15). The predicted molar refractivity (Wildman–Crippen MR) is 48.7 cm³/mol. The Kier molecular flexibility index (Phi) is 2.26. The van der Waals surface area contributed by atoms with E-state index in [-0.39, 0.29) is 23.9 Å². The Balaban J connectivity index is 2.16. The normalized spacial score (nSPS) is 18.7. The van der Waals surface area contributed by atoms with Gasteiger partial charge >= 0.3 is 6.18 Å². The zero-order chi connectivity index (χ0) is 11.1. The van der Waals surface area contributed by atoms with E-state index < -0.39 is 11.7 Å². The van der Waals surface area contributed by atoms with Crippen molar-refractivity contribution in [3.63, 3.8) is 0 Å². The molecule has 0 aliphatic heterocycles. The van der Waals surface area contributed by atoms with Gasteiger partial charge < -0.3 is 5.32 Å². The van der Waals surface area contributed by atoms with Gasteiger partial charge in [0, 0.05) is 6.20 Å². The van der Waals surface area contributed by atoms with Crippen LogP contribution in [0.1, 0.15) is 12.8 Å². The molecule has 1 saturated carbocycles. The fourth-order valence-corrected chi connectivity index (χ4v) is 1.40. The summed E-state index contributed by atoms with van der Waals surface area (Å²) in [7, 11) is 0. The fraction of sp³-hybridized carbons (Fsp3) is 0.500. The zero-order valence-corrected chi connectivity index (χ0v) is 8.23. The minimum absolute atomic E-state index is 0.0676. The summed E-state index contributed by atoms with van der Waals surface area (Å²) < 4.78 is 37.6. The zero-order valence-electron chi connectivity index (χ0n) is 7.48. The van der Waals surface area contributed by atoms with Crippen LogP contribution >= 0.6 is 11.6 Å². The molecule has 0 bridgehead atoms. The Bertz CT molecular complexity index is 376. The van der Waals surface area contributed by atoms with Gasteiger partial charge in [-0.25, -0.2) is 9.97 Å². The van der Waals surface area contributed by atoms with Crippen LogP contribution in [0.3, 0.4) is 0 Å². The minimum Gasteiger partial charge on any atom is -0.356 e. The van der Waals surface area contributed by atoms with Crippen molar-refractivity contribution in [3.8, 4) is 0 Å². The maximum Gasteiger partial charge on any atom is 0.411 e. The van der Waals surface area contributed by atoms with E-state index in [1.165, 1.54) is 12.3 Å². The van der Waals surface area contributed by atoms with Crippen LogP contribution in [-0.2, 0) is 0 Å². The molecule has 15 heavy (non-hydrogen) atoms. The lowest BCUT2D eigenvalue weighted by molar-refractivity contribution is -0.151. The monoisotopic (exact) mass is 237 g/mol. The summed E-state index contributed by atoms with van der Waals surface area (Å²) in [5, 5.41) is 2.28. The molecule has 0 aromatic carbocycles. The molecule has 3 nitrogen and oxygen atoms in total. The van der Waals surface area contributed by atoms with E-state index >= 15 is 0 Å². The average molecular weight is 238 g/mol. The number of rotatable bonds is 2. The third-order valence-electron chi connectivity index (χ3n) is 2.29. The lowest BCUT2D eigenvalue weighted by atomic mass is 10.2. The number of alkyl halides is 3. The Morgan fingerprint density at radius 2 is 2.07 bits per heavy atom. The molecule has 1 aromatic heterocycles. The number of aromatic nitrogens is 2. The average Bonchev–Trinajstić information content (AvgIpc) is 2.84. The smallest absolute Gasteiger partial charge is 0.356 e. The molecule has 82 valence electrons. The lowest BCUT2D eigenvalue weighted by Gasteiger charge is -2.20. The van der Waals surface area contributed by atoms with Crippen LogP contribution in [0.5, 0.6) is 0 Å². The van der Waals surface area contributed by atoms with Gasteiger partial charge in [0.25, 0.3) is 0 Å². The van der Waals surface area contributed by atoms with Gasteiger partial charge in [-0.1, -0.05) is 0 Å². The molecule has 1 N–H and O–H groups in total. The van der Waals surface area contributed by atoms with Gasteiger partial charge in [-0.2, -0.15) is 13.2 Å². The van der Waals surface area contributed by atoms with Gasteiger partial charge in [0.2, 0.25) is 5.28 Å². The quantitative estimate of drug-likeness (QED) is 0.804. The summed E-state index contributed by atoms with van der Waals surface area (Å²) in [4.78, 5) is 7.24. The van der Waals surface area contributed by atoms with Gasteiger partial charge in [-0.3, -0.25) is 0 Å². The second kappa shape index (κ2) is 3.23. The molecule has 0 amide bonds. The highest BCUT2D eigenvalue weighted by Crippen LogP contribution is 2.50. The second-order valence-corrected chi connectivity index (χ2v) is 3.75. The molecule has 0 spiro atoms. The summed E-state index contributed by atoms with van der Waals surface area (Å²) in [6.07, 6.45) is -2.81. The number of halogens is 4. The minimum atomic E-state index is -4.26. The van der Waals surface area contributed by atoms with Crippen LogP contribution in [0.2, 0.25) is 5.28 Å². The SMILES string of the molecule is FC(F)(F)C1(Nc2ccnc(Cl)n2)CC1. The number of hydrogen-bond donors (Lipinski definition) is 1. The van der Waals surface area contributed by atoms with Crippen molar-refractivity contribution >= 4 is 17.4 Å². The van der Waals surface area contributed by atoms with Crippen LogP contribution in [0.15, 0.2) is 12.3 Å². The van der Waals surface area contributed by atoms with Crippen molar-refractivity contribution in [2.75, 3.05) is 5.32 Å². The molecular weight excluding hydrogens is 231 g/mol. The lowest BCUT2D eigenvalue weighted by Crippen LogP contribution is -2.38. The molecule has 0 radical (unpaired) electrons. The fourth-order valence-electron chi connectivity index (χ4n) is 1.25. The van der Waals surface area contributed by atoms with Gasteiger partial charge in [-0.15, -0.1) is 0 Å². The molecule has 7 heteroatoms. The molecular formula is C8H7ClF3N3. The third kappa shape index (κ3) is 1.99. The van der Waals surface area contributed by atoms with Crippen LogP contribution in [0.4, 0.5) is 19.0 Å². The van der Waals surface area contributed by atoms with Crippen molar-refractivity contribution in [2.24, 2.45) is 0 Å². The Morgan fingerprint density at radius 3 is 2.53 bits per heavy atom. The van der Waals surface area contributed by atoms with E-state index in [1.54, 1.807) is 0 Å². The first kappa shape index (κ1) is 10.5. The Morgan fingerprint density at radius 1 is 1.40 bits per heavy atom. The first-order valence-electron chi connectivity index (χ1n) is 4.26. The van der Waals surface area contributed by atoms with Crippen molar-refractivity contribution in [2.45, 2.75) is 24.6 Å². The molecule has 1 aliphatic carbocycles. The maximum atomic E-state index is 12.5. The van der Waals surface area contributed by atoms with Gasteiger partial charge in [-0.05, 0) is 30.5 Å². The molecule has 1 fully saturated rings. The van der Waals surface area contributed by atoms with E-state index in [9.17, 15) is 13.2 Å². The van der Waals surface area contributed by atoms with Crippen molar-refractivity contribution < 1.29 is 13.2 Å². The van der Waals surface area contributed by atoms with Crippen molar-refractivity contribution in [1.29, 1.82) is 0 Å². The van der Waals surface area contributed by atoms with Crippen LogP contribution in [-0.4, -0.2) is 21.7 Å². The number of nitrogens with zero attached hydrogens (tertiary/aromatic N) is 2. The number of anilines is 1. The highest BCUT2D eigenvalue weighted by Gasteiger charge is 2.63. The van der Waals surface area contributed by atoms with E-state index in [0.717, 1.165) is 0 Å². The van der Waals surface area contributed by atoms with Crippen LogP contribution in [0.25, 0.3) is 0 Å². The summed E-state index contributed by atoms with van der Waals surface area (Å²) in [5.74, 6) is 0.102. The van der Waals surface area contributed by atoms with E-state index in [1.807, 2.05) is 0 Å². The predicted octanol–water partition coefficient (Wildman–Crippen LogP) is 2.64. The summed E-state index contributed by atoms with van der Waals surface area (Å²) in [6, 6.07) is 1.36. The molecule has 0 atom stereocenters. The summed E-state index contributed by atoms with van der Waals surface area (Å²) in [6.45, 7) is 0. The Hall–Kier alpha value is -1.04. The van der Waals surface area contributed by atoms with E-state index in [2.05, 4.69) is 15.3 Å². The third-order valence-corrected chi connectivity index (χ3v) is 2.47. The van der Waals surface area contributed by atoms with Gasteiger partial charge in [0.15, 0.2) is 0 Å². The van der Waals surface area contributed by atoms with E-state index in [0.29, 0.717) is 0 Å². The topological polar surface area (TPSA) is 37.8 Å². The first-order valence-corrected chi connectivity index (χ1v) is 4.64. The molecule has 1 heterocycles. The molecule has 0 unspecified atom stereocenters. The number of nitrogens with one attached hydrogen (secondary N) is 1. The molecule has 2 rings (SSSR count). The van der Waals surface area contributed by atoms with Crippen molar-refractivity contribution in [3.05, 3.63) is 17.5 Å². The summed E-state index contributed by atoms with van der Waals surface area (Å²) in [5.41, 5.74) is -1.81. The van der Waals surface area contributed by atoms with Crippen LogP contribution < -0.4 is 5.32 Å². The van der Waals surface area contributed by atoms with Gasteiger partial charge in [0.05, 0.1) is 0 Å². The largest absolute Gasteiger partial charge is 0.411 e. The highest BCUT2D eigenvalue weighted by molar-refractivity contribution is 6.28.